The monoisotopic (exact) mass is 333 g/mol. The van der Waals surface area contributed by atoms with E-state index in [2.05, 4.69) is 31.4 Å². The van der Waals surface area contributed by atoms with E-state index >= 15 is 0 Å². The molecule has 1 aromatic carbocycles. The fraction of sp³-hybridized carbons (Fsp3) is 0.0714. The molecular formula is C14H12BrN3O2. The number of hydrogen-bond acceptors (Lipinski definition) is 4. The van der Waals surface area contributed by atoms with Crippen LogP contribution in [0.15, 0.2) is 58.2 Å². The van der Waals surface area contributed by atoms with Crippen LogP contribution in [0, 0.1) is 0 Å². The molecule has 0 bridgehead atoms. The summed E-state index contributed by atoms with van der Waals surface area (Å²) in [6.07, 6.45) is 3.12. The number of nitrogens with one attached hydrogen (secondary N) is 1. The number of pyridine rings is 1. The van der Waals surface area contributed by atoms with Crippen LogP contribution in [0.5, 0.6) is 5.75 Å². The van der Waals surface area contributed by atoms with Gasteiger partial charge in [0.2, 0.25) is 0 Å². The second-order valence-corrected chi connectivity index (χ2v) is 4.62. The van der Waals surface area contributed by atoms with E-state index in [0.29, 0.717) is 11.4 Å². The van der Waals surface area contributed by atoms with E-state index in [-0.39, 0.29) is 12.5 Å². The summed E-state index contributed by atoms with van der Waals surface area (Å²) in [5.41, 5.74) is 3.04. The highest BCUT2D eigenvalue weighted by Crippen LogP contribution is 2.23. The number of hydrazone groups is 1. The topological polar surface area (TPSA) is 63.6 Å². The highest BCUT2D eigenvalue weighted by Gasteiger charge is 2.03. The molecule has 0 unspecified atom stereocenters. The molecule has 0 spiro atoms. The van der Waals surface area contributed by atoms with Gasteiger partial charge in [-0.15, -0.1) is 0 Å². The molecular weight excluding hydrogens is 322 g/mol. The van der Waals surface area contributed by atoms with Crippen molar-refractivity contribution >= 4 is 28.1 Å². The zero-order valence-corrected chi connectivity index (χ0v) is 12.1. The zero-order chi connectivity index (χ0) is 14.2. The van der Waals surface area contributed by atoms with Crippen LogP contribution in [0.3, 0.4) is 0 Å². The highest BCUT2D eigenvalue weighted by molar-refractivity contribution is 9.10. The summed E-state index contributed by atoms with van der Waals surface area (Å²) in [6, 6.07) is 12.7. The van der Waals surface area contributed by atoms with Crippen LogP contribution in [0.2, 0.25) is 0 Å². The summed E-state index contributed by atoms with van der Waals surface area (Å²) >= 11 is 3.34. The quantitative estimate of drug-likeness (QED) is 0.674. The Labute approximate surface area is 124 Å². The van der Waals surface area contributed by atoms with Crippen LogP contribution < -0.4 is 10.2 Å². The number of carbonyl (C=O) groups excluding carboxylic acids is 1. The molecule has 0 saturated carbocycles. The third-order valence-corrected chi connectivity index (χ3v) is 2.92. The molecule has 5 nitrogen and oxygen atoms in total. The Balaban J connectivity index is 1.79. The summed E-state index contributed by atoms with van der Waals surface area (Å²) in [7, 11) is 0. The molecule has 102 valence electrons. The molecule has 0 fully saturated rings. The maximum Gasteiger partial charge on any atom is 0.277 e. The Morgan fingerprint density at radius 1 is 1.30 bits per heavy atom. The number of amides is 1. The minimum Gasteiger partial charge on any atom is -0.483 e. The molecule has 0 aliphatic rings. The van der Waals surface area contributed by atoms with E-state index in [4.69, 9.17) is 4.74 Å². The van der Waals surface area contributed by atoms with Crippen LogP contribution in [-0.2, 0) is 4.79 Å². The Morgan fingerprint density at radius 3 is 2.85 bits per heavy atom. The third-order valence-electron chi connectivity index (χ3n) is 2.27. The van der Waals surface area contributed by atoms with Crippen molar-refractivity contribution in [1.29, 1.82) is 0 Å². The number of para-hydroxylation sites is 1. The number of nitrogens with zero attached hydrogens (tertiary/aromatic N) is 2. The Hall–Kier alpha value is -2.21. The van der Waals surface area contributed by atoms with Crippen molar-refractivity contribution in [3.63, 3.8) is 0 Å². The molecule has 0 aliphatic carbocycles. The predicted octanol–water partition coefficient (Wildman–Crippen LogP) is 2.37. The molecule has 0 saturated heterocycles. The Morgan fingerprint density at radius 2 is 2.10 bits per heavy atom. The molecule has 6 heteroatoms. The van der Waals surface area contributed by atoms with E-state index in [1.165, 1.54) is 6.21 Å². The molecule has 2 rings (SSSR count). The third kappa shape index (κ3) is 4.47. The van der Waals surface area contributed by atoms with Gasteiger partial charge in [0.25, 0.3) is 5.91 Å². The second kappa shape index (κ2) is 7.40. The van der Waals surface area contributed by atoms with Gasteiger partial charge in [-0.1, -0.05) is 18.2 Å². The number of carbonyl (C=O) groups is 1. The number of benzene rings is 1. The number of hydrogen-bond donors (Lipinski definition) is 1. The van der Waals surface area contributed by atoms with E-state index in [1.807, 2.05) is 30.3 Å². The fourth-order valence-electron chi connectivity index (χ4n) is 1.36. The summed E-state index contributed by atoms with van der Waals surface area (Å²) in [5.74, 6) is 0.268. The first-order chi connectivity index (χ1) is 9.75. The van der Waals surface area contributed by atoms with E-state index < -0.39 is 0 Å². The second-order valence-electron chi connectivity index (χ2n) is 3.77. The van der Waals surface area contributed by atoms with E-state index in [0.717, 1.165) is 4.47 Å². The van der Waals surface area contributed by atoms with Crippen LogP contribution in [0.25, 0.3) is 0 Å². The lowest BCUT2D eigenvalue weighted by atomic mass is 10.3. The lowest BCUT2D eigenvalue weighted by Gasteiger charge is -2.06. The number of halogens is 1. The van der Waals surface area contributed by atoms with Gasteiger partial charge >= 0.3 is 0 Å². The van der Waals surface area contributed by atoms with Gasteiger partial charge < -0.3 is 4.74 Å². The summed E-state index contributed by atoms with van der Waals surface area (Å²) in [4.78, 5) is 15.6. The van der Waals surface area contributed by atoms with Gasteiger partial charge in [-0.25, -0.2) is 5.43 Å². The van der Waals surface area contributed by atoms with Crippen molar-refractivity contribution in [2.24, 2.45) is 5.10 Å². The number of ether oxygens (including phenoxy) is 1. The minimum atomic E-state index is -0.340. The molecule has 1 amide bonds. The first-order valence-corrected chi connectivity index (χ1v) is 6.65. The molecule has 1 heterocycles. The van der Waals surface area contributed by atoms with Crippen molar-refractivity contribution in [2.75, 3.05) is 6.61 Å². The van der Waals surface area contributed by atoms with Crippen molar-refractivity contribution in [2.45, 2.75) is 0 Å². The highest BCUT2D eigenvalue weighted by atomic mass is 79.9. The molecule has 20 heavy (non-hydrogen) atoms. The number of aromatic nitrogens is 1. The minimum absolute atomic E-state index is 0.109. The molecule has 0 radical (unpaired) electrons. The largest absolute Gasteiger partial charge is 0.483 e. The first kappa shape index (κ1) is 14.2. The number of rotatable bonds is 5. The Kier molecular flexibility index (Phi) is 5.25. The van der Waals surface area contributed by atoms with Crippen LogP contribution in [0.1, 0.15) is 5.69 Å². The Bertz CT molecular complexity index is 602. The smallest absolute Gasteiger partial charge is 0.277 e. The standard InChI is InChI=1S/C14H12BrN3O2/c15-12-6-1-2-7-13(12)20-10-14(19)18-17-9-11-5-3-4-8-16-11/h1-9H,10H2,(H,18,19)/b17-9+. The molecule has 0 atom stereocenters. The average molecular weight is 334 g/mol. The molecule has 1 N–H and O–H groups in total. The normalized spacial score (nSPS) is 10.4. The molecule has 2 aromatic rings. The van der Waals surface area contributed by atoms with Crippen LogP contribution in [-0.4, -0.2) is 23.7 Å². The van der Waals surface area contributed by atoms with Crippen molar-refractivity contribution in [3.05, 3.63) is 58.8 Å². The van der Waals surface area contributed by atoms with Crippen molar-refractivity contribution < 1.29 is 9.53 Å². The lowest BCUT2D eigenvalue weighted by Crippen LogP contribution is -2.24. The van der Waals surface area contributed by atoms with Gasteiger partial charge in [0.05, 0.1) is 16.4 Å². The lowest BCUT2D eigenvalue weighted by molar-refractivity contribution is -0.123. The van der Waals surface area contributed by atoms with Gasteiger partial charge in [-0.05, 0) is 40.2 Å². The van der Waals surface area contributed by atoms with Gasteiger partial charge in [0.15, 0.2) is 6.61 Å². The van der Waals surface area contributed by atoms with E-state index in [1.54, 1.807) is 18.3 Å². The van der Waals surface area contributed by atoms with Crippen molar-refractivity contribution in [3.8, 4) is 5.75 Å². The average Bonchev–Trinajstić information content (AvgIpc) is 2.47. The van der Waals surface area contributed by atoms with Gasteiger partial charge in [-0.2, -0.15) is 5.10 Å². The molecule has 0 aliphatic heterocycles. The summed E-state index contributed by atoms with van der Waals surface area (Å²) in [5, 5.41) is 3.80. The first-order valence-electron chi connectivity index (χ1n) is 5.86. The van der Waals surface area contributed by atoms with Crippen molar-refractivity contribution in [1.82, 2.24) is 10.4 Å². The molecule has 1 aromatic heterocycles. The van der Waals surface area contributed by atoms with Crippen LogP contribution in [0.4, 0.5) is 0 Å². The fourth-order valence-corrected chi connectivity index (χ4v) is 1.76. The summed E-state index contributed by atoms with van der Waals surface area (Å²) < 4.78 is 6.15. The maximum absolute atomic E-state index is 11.5. The van der Waals surface area contributed by atoms with E-state index in [9.17, 15) is 4.79 Å². The van der Waals surface area contributed by atoms with Crippen LogP contribution >= 0.6 is 15.9 Å². The maximum atomic E-state index is 11.5. The predicted molar refractivity (Wildman–Crippen MR) is 79.6 cm³/mol. The summed E-state index contributed by atoms with van der Waals surface area (Å²) in [6.45, 7) is -0.109. The van der Waals surface area contributed by atoms with Gasteiger partial charge in [-0.3, -0.25) is 9.78 Å². The van der Waals surface area contributed by atoms with Gasteiger partial charge in [0.1, 0.15) is 5.75 Å². The zero-order valence-electron chi connectivity index (χ0n) is 10.5. The van der Waals surface area contributed by atoms with Gasteiger partial charge in [0, 0.05) is 6.20 Å². The SMILES string of the molecule is O=C(COc1ccccc1Br)N/N=C/c1ccccn1.